The Morgan fingerprint density at radius 3 is 2.04 bits per heavy atom. The number of hydrogen-bond donors (Lipinski definition) is 0. The van der Waals surface area contributed by atoms with E-state index in [0.29, 0.717) is 17.8 Å². The maximum atomic E-state index is 12.9. The van der Waals surface area contributed by atoms with Crippen LogP contribution in [-0.4, -0.2) is 43.4 Å². The Labute approximate surface area is 156 Å². The average molecular weight is 409 g/mol. The van der Waals surface area contributed by atoms with Crippen molar-refractivity contribution in [1.29, 1.82) is 0 Å². The second-order valence-corrected chi connectivity index (χ2v) is 9.70. The van der Waals surface area contributed by atoms with Gasteiger partial charge in [0.15, 0.2) is 16.7 Å². The van der Waals surface area contributed by atoms with Gasteiger partial charge in [-0.3, -0.25) is 9.59 Å². The number of rotatable bonds is 8. The molecule has 0 amide bonds. The van der Waals surface area contributed by atoms with Gasteiger partial charge in [0.1, 0.15) is 0 Å². The van der Waals surface area contributed by atoms with Crippen molar-refractivity contribution < 1.29 is 40.8 Å². The average Bonchev–Trinajstić information content (AvgIpc) is 2.54. The number of hydrogen-bond acceptors (Lipinski definition) is 7. The van der Waals surface area contributed by atoms with Crippen LogP contribution in [0.2, 0.25) is 0 Å². The summed E-state index contributed by atoms with van der Waals surface area (Å²) in [6.45, 7) is -1.85. The smallest absolute Gasteiger partial charge is 0.367 e. The van der Waals surface area contributed by atoms with Crippen molar-refractivity contribution >= 4 is 22.1 Å². The Bertz CT molecular complexity index is 669. The maximum absolute atomic E-state index is 12.9. The van der Waals surface area contributed by atoms with Gasteiger partial charge < -0.3 is 14.0 Å². The molecule has 0 radical (unpaired) electrons. The first-order valence-electron chi connectivity index (χ1n) is 9.17. The summed E-state index contributed by atoms with van der Waals surface area (Å²) in [5.41, 5.74) is -0.403. The van der Waals surface area contributed by atoms with E-state index in [1.54, 1.807) is 0 Å². The van der Waals surface area contributed by atoms with E-state index in [1.807, 2.05) is 0 Å². The highest BCUT2D eigenvalue weighted by atomic mass is 32.2. The van der Waals surface area contributed by atoms with Gasteiger partial charge in [-0.25, -0.2) is 8.42 Å². The normalized spacial score (nSPS) is 32.3. The fraction of sp³-hybridized carbons (Fsp3) is 0.882. The Hall–Kier alpha value is -1.29. The molecule has 4 bridgehead atoms. The fourth-order valence-electron chi connectivity index (χ4n) is 5.20. The highest BCUT2D eigenvalue weighted by Gasteiger charge is 2.55. The summed E-state index contributed by atoms with van der Waals surface area (Å²) < 4.78 is 66.2. The van der Waals surface area contributed by atoms with E-state index in [-0.39, 0.29) is 25.4 Å². The summed E-state index contributed by atoms with van der Waals surface area (Å²) in [5, 5.41) is -4.66. The van der Waals surface area contributed by atoms with E-state index in [0.717, 1.165) is 19.3 Å². The first-order valence-corrected chi connectivity index (χ1v) is 10.6. The molecule has 0 heterocycles. The first kappa shape index (κ1) is 20.4. The molecule has 0 aromatic carbocycles. The zero-order valence-corrected chi connectivity index (χ0v) is 15.6. The van der Waals surface area contributed by atoms with Gasteiger partial charge in [0.05, 0.1) is 12.0 Å². The topological polar surface area (TPSA) is 110 Å². The van der Waals surface area contributed by atoms with Crippen molar-refractivity contribution in [2.45, 2.75) is 56.6 Å². The van der Waals surface area contributed by atoms with Crippen LogP contribution < -0.4 is 0 Å². The van der Waals surface area contributed by atoms with Crippen LogP contribution in [0.15, 0.2) is 0 Å². The molecule has 7 nitrogen and oxygen atoms in total. The van der Waals surface area contributed by atoms with Gasteiger partial charge in [-0.2, -0.15) is 8.78 Å². The largest absolute Gasteiger partial charge is 0.743 e. The Morgan fingerprint density at radius 1 is 1.04 bits per heavy atom. The van der Waals surface area contributed by atoms with Gasteiger partial charge in [-0.05, 0) is 62.7 Å². The van der Waals surface area contributed by atoms with Crippen molar-refractivity contribution in [2.24, 2.45) is 23.2 Å². The Balaban J connectivity index is 1.38. The van der Waals surface area contributed by atoms with Gasteiger partial charge in [0.25, 0.3) is 0 Å². The third kappa shape index (κ3) is 4.42. The number of esters is 2. The zero-order chi connectivity index (χ0) is 19.9. The van der Waals surface area contributed by atoms with Crippen LogP contribution in [0.4, 0.5) is 8.78 Å². The zero-order valence-electron chi connectivity index (χ0n) is 14.8. The lowest BCUT2D eigenvalue weighted by atomic mass is 9.49. The Kier molecular flexibility index (Phi) is 5.51. The molecule has 0 N–H and O–H groups in total. The van der Waals surface area contributed by atoms with Crippen LogP contribution in [0.25, 0.3) is 0 Å². The third-order valence-electron chi connectivity index (χ3n) is 6.00. The molecular weight excluding hydrogens is 386 g/mol. The van der Waals surface area contributed by atoms with Crippen molar-refractivity contribution in [3.05, 3.63) is 0 Å². The van der Waals surface area contributed by atoms with Crippen LogP contribution in [0.1, 0.15) is 51.4 Å². The van der Waals surface area contributed by atoms with E-state index in [9.17, 15) is 31.3 Å². The molecule has 0 saturated heterocycles. The molecule has 10 heteroatoms. The second-order valence-electron chi connectivity index (χ2n) is 8.19. The number of alkyl halides is 2. The number of halogens is 2. The van der Waals surface area contributed by atoms with E-state index >= 15 is 0 Å². The maximum Gasteiger partial charge on any atom is 0.367 e. The Morgan fingerprint density at radius 2 is 1.56 bits per heavy atom. The SMILES string of the molecule is O=C(CCCOC(=O)C12CC3CC(CC(C3)C1)C2)OCC(F)(F)S(=O)(=O)[O-]. The molecule has 154 valence electrons. The molecule has 4 aliphatic carbocycles. The van der Waals surface area contributed by atoms with Crippen molar-refractivity contribution in [2.75, 3.05) is 13.2 Å². The standard InChI is InChI=1S/C17H24F2O7S/c18-17(19,27(22,23)24)10-26-14(20)2-1-3-25-15(21)16-7-11-4-12(8-16)6-13(5-11)9-16/h11-13H,1-10H2,(H,22,23,24)/p-1. The minimum Gasteiger partial charge on any atom is -0.743 e. The lowest BCUT2D eigenvalue weighted by Gasteiger charge is -2.55. The van der Waals surface area contributed by atoms with Crippen molar-refractivity contribution in [1.82, 2.24) is 0 Å². The molecule has 0 aromatic rings. The summed E-state index contributed by atoms with van der Waals surface area (Å²) >= 11 is 0. The summed E-state index contributed by atoms with van der Waals surface area (Å²) in [7, 11) is -5.89. The molecule has 0 unspecified atom stereocenters. The van der Waals surface area contributed by atoms with Gasteiger partial charge in [-0.15, -0.1) is 0 Å². The van der Waals surface area contributed by atoms with Crippen molar-refractivity contribution in [3.8, 4) is 0 Å². The van der Waals surface area contributed by atoms with E-state index in [1.165, 1.54) is 19.3 Å². The predicted octanol–water partition coefficient (Wildman–Crippen LogP) is 2.21. The molecular formula is C17H23F2O7S-. The van der Waals surface area contributed by atoms with Crippen LogP contribution in [0, 0.1) is 23.2 Å². The quantitative estimate of drug-likeness (QED) is 0.343. The molecule has 0 atom stereocenters. The lowest BCUT2D eigenvalue weighted by molar-refractivity contribution is -0.172. The van der Waals surface area contributed by atoms with Crippen molar-refractivity contribution in [3.63, 3.8) is 0 Å². The summed E-state index contributed by atoms with van der Waals surface area (Å²) in [5.74, 6) is 0.469. The minimum atomic E-state index is -5.89. The van der Waals surface area contributed by atoms with Gasteiger partial charge in [0, 0.05) is 6.42 Å². The van der Waals surface area contributed by atoms with Crippen LogP contribution in [-0.2, 0) is 29.2 Å². The van der Waals surface area contributed by atoms with Crippen LogP contribution in [0.5, 0.6) is 0 Å². The van der Waals surface area contributed by atoms with Crippen LogP contribution >= 0.6 is 0 Å². The van der Waals surface area contributed by atoms with Gasteiger partial charge in [0.2, 0.25) is 0 Å². The van der Waals surface area contributed by atoms with Gasteiger partial charge in [-0.1, -0.05) is 0 Å². The van der Waals surface area contributed by atoms with Gasteiger partial charge >= 0.3 is 17.2 Å². The van der Waals surface area contributed by atoms with Crippen LogP contribution in [0.3, 0.4) is 0 Å². The molecule has 0 spiro atoms. The predicted molar refractivity (Wildman–Crippen MR) is 86.4 cm³/mol. The fourth-order valence-corrected chi connectivity index (χ4v) is 5.41. The first-order chi connectivity index (χ1) is 12.5. The summed E-state index contributed by atoms with van der Waals surface area (Å²) in [4.78, 5) is 24.0. The summed E-state index contributed by atoms with van der Waals surface area (Å²) in [6.07, 6.45) is 5.93. The molecule has 0 aliphatic heterocycles. The van der Waals surface area contributed by atoms with E-state index < -0.39 is 33.4 Å². The highest BCUT2D eigenvalue weighted by Crippen LogP contribution is 2.60. The molecule has 27 heavy (non-hydrogen) atoms. The molecule has 4 saturated carbocycles. The number of carbonyl (C=O) groups is 2. The monoisotopic (exact) mass is 409 g/mol. The molecule has 0 aromatic heterocycles. The number of ether oxygens (including phenoxy) is 2. The van der Waals surface area contributed by atoms with E-state index in [4.69, 9.17) is 4.74 Å². The number of carbonyl (C=O) groups excluding carboxylic acids is 2. The third-order valence-corrected chi connectivity index (χ3v) is 6.85. The molecule has 4 fully saturated rings. The van der Waals surface area contributed by atoms with E-state index in [2.05, 4.69) is 4.74 Å². The molecule has 4 aliphatic rings. The summed E-state index contributed by atoms with van der Waals surface area (Å²) in [6, 6.07) is 0. The highest BCUT2D eigenvalue weighted by molar-refractivity contribution is 7.86. The lowest BCUT2D eigenvalue weighted by Crippen LogP contribution is -2.50. The molecule has 4 rings (SSSR count). The second kappa shape index (κ2) is 7.27. The minimum absolute atomic E-state index is 0.0358.